The Hall–Kier alpha value is -2.07. The van der Waals surface area contributed by atoms with E-state index in [1.54, 1.807) is 18.2 Å². The molecular weight excluding hydrogens is 279 g/mol. The van der Waals surface area contributed by atoms with Crippen LogP contribution in [0, 0.1) is 5.82 Å². The summed E-state index contributed by atoms with van der Waals surface area (Å²) in [4.78, 5) is 11.8. The summed E-state index contributed by atoms with van der Waals surface area (Å²) >= 11 is 6.06. The van der Waals surface area contributed by atoms with Crippen molar-refractivity contribution in [3.05, 3.63) is 64.9 Å². The maximum absolute atomic E-state index is 13.4. The lowest BCUT2D eigenvalue weighted by molar-refractivity contribution is 0.249. The second-order valence-electron chi connectivity index (χ2n) is 4.32. The summed E-state index contributed by atoms with van der Waals surface area (Å²) in [5, 5.41) is 5.75. The largest absolute Gasteiger partial charge is 0.331 e. The highest BCUT2D eigenvalue weighted by molar-refractivity contribution is 6.31. The number of para-hydroxylation sites is 1. The lowest BCUT2D eigenvalue weighted by atomic mass is 10.1. The number of urea groups is 1. The predicted octanol–water partition coefficient (Wildman–Crippen LogP) is 4.36. The standard InChI is InChI=1S/C15H14ClFN2O/c1-10(11-6-2-3-7-12(11)16)18-15(20)19-14-9-5-4-8-13(14)17/h2-10H,1H3,(H2,18,19,20). The first-order valence-electron chi connectivity index (χ1n) is 6.14. The molecule has 0 aliphatic rings. The van der Waals surface area contributed by atoms with Gasteiger partial charge < -0.3 is 10.6 Å². The highest BCUT2D eigenvalue weighted by Gasteiger charge is 2.13. The van der Waals surface area contributed by atoms with Crippen molar-refractivity contribution >= 4 is 23.3 Å². The van der Waals surface area contributed by atoms with Crippen molar-refractivity contribution in [1.82, 2.24) is 5.32 Å². The number of carbonyl (C=O) groups excluding carboxylic acids is 1. The van der Waals surface area contributed by atoms with Gasteiger partial charge in [-0.1, -0.05) is 41.9 Å². The number of hydrogen-bond acceptors (Lipinski definition) is 1. The highest BCUT2D eigenvalue weighted by atomic mass is 35.5. The molecule has 2 aromatic carbocycles. The SMILES string of the molecule is CC(NC(=O)Nc1ccccc1F)c1ccccc1Cl. The molecule has 2 amide bonds. The molecule has 2 N–H and O–H groups in total. The van der Waals surface area contributed by atoms with E-state index in [9.17, 15) is 9.18 Å². The molecule has 1 atom stereocenters. The Bertz CT molecular complexity index is 618. The number of anilines is 1. The molecule has 1 unspecified atom stereocenters. The minimum atomic E-state index is -0.484. The summed E-state index contributed by atoms with van der Waals surface area (Å²) in [6, 6.07) is 12.5. The van der Waals surface area contributed by atoms with Crippen LogP contribution in [-0.2, 0) is 0 Å². The Labute approximate surface area is 121 Å². The van der Waals surface area contributed by atoms with Crippen molar-refractivity contribution in [2.24, 2.45) is 0 Å². The van der Waals surface area contributed by atoms with Crippen molar-refractivity contribution in [3.63, 3.8) is 0 Å². The third-order valence-corrected chi connectivity index (χ3v) is 3.19. The van der Waals surface area contributed by atoms with Crippen molar-refractivity contribution in [2.45, 2.75) is 13.0 Å². The Morgan fingerprint density at radius 3 is 2.50 bits per heavy atom. The van der Waals surface area contributed by atoms with Crippen LogP contribution < -0.4 is 10.6 Å². The molecule has 0 fully saturated rings. The average Bonchev–Trinajstić information content (AvgIpc) is 2.41. The predicted molar refractivity (Wildman–Crippen MR) is 78.4 cm³/mol. The average molecular weight is 293 g/mol. The molecule has 0 spiro atoms. The van der Waals surface area contributed by atoms with E-state index >= 15 is 0 Å². The van der Waals surface area contributed by atoms with E-state index in [2.05, 4.69) is 10.6 Å². The normalized spacial score (nSPS) is 11.8. The van der Waals surface area contributed by atoms with E-state index in [0.29, 0.717) is 5.02 Å². The molecule has 0 saturated heterocycles. The fraction of sp³-hybridized carbons (Fsp3) is 0.133. The molecule has 104 valence electrons. The lowest BCUT2D eigenvalue weighted by Crippen LogP contribution is -2.31. The summed E-state index contributed by atoms with van der Waals surface area (Å²) in [6.07, 6.45) is 0. The van der Waals surface area contributed by atoms with Gasteiger partial charge >= 0.3 is 6.03 Å². The Balaban J connectivity index is 2.02. The van der Waals surface area contributed by atoms with E-state index in [0.717, 1.165) is 5.56 Å². The third kappa shape index (κ3) is 3.48. The maximum Gasteiger partial charge on any atom is 0.319 e. The lowest BCUT2D eigenvalue weighted by Gasteiger charge is -2.16. The zero-order valence-electron chi connectivity index (χ0n) is 10.9. The van der Waals surface area contributed by atoms with Crippen LogP contribution in [0.5, 0.6) is 0 Å². The fourth-order valence-corrected chi connectivity index (χ4v) is 2.12. The number of halogens is 2. The van der Waals surface area contributed by atoms with E-state index in [-0.39, 0.29) is 11.7 Å². The number of rotatable bonds is 3. The third-order valence-electron chi connectivity index (χ3n) is 2.84. The molecule has 0 heterocycles. The molecule has 0 saturated carbocycles. The number of carbonyl (C=O) groups is 1. The summed E-state index contributed by atoms with van der Waals surface area (Å²) in [7, 11) is 0. The summed E-state index contributed by atoms with van der Waals surface area (Å²) < 4.78 is 13.4. The molecule has 0 bridgehead atoms. The van der Waals surface area contributed by atoms with Crippen molar-refractivity contribution in [1.29, 1.82) is 0 Å². The second-order valence-corrected chi connectivity index (χ2v) is 4.73. The van der Waals surface area contributed by atoms with Crippen LogP contribution in [0.25, 0.3) is 0 Å². The van der Waals surface area contributed by atoms with E-state index < -0.39 is 11.8 Å². The van der Waals surface area contributed by atoms with Gasteiger partial charge in [0.1, 0.15) is 5.82 Å². The van der Waals surface area contributed by atoms with E-state index in [1.165, 1.54) is 12.1 Å². The molecule has 0 aliphatic carbocycles. The van der Waals surface area contributed by atoms with Crippen molar-refractivity contribution in [2.75, 3.05) is 5.32 Å². The number of hydrogen-bond donors (Lipinski definition) is 2. The van der Waals surface area contributed by atoms with Gasteiger partial charge in [-0.05, 0) is 30.7 Å². The van der Waals surface area contributed by atoms with Gasteiger partial charge in [0.2, 0.25) is 0 Å². The van der Waals surface area contributed by atoms with Crippen molar-refractivity contribution < 1.29 is 9.18 Å². The number of amides is 2. The molecule has 20 heavy (non-hydrogen) atoms. The van der Waals surface area contributed by atoms with E-state index in [4.69, 9.17) is 11.6 Å². The summed E-state index contributed by atoms with van der Waals surface area (Å²) in [6.45, 7) is 1.81. The van der Waals surface area contributed by atoms with Gasteiger partial charge in [-0.25, -0.2) is 9.18 Å². The zero-order chi connectivity index (χ0) is 14.5. The molecule has 0 radical (unpaired) electrons. The topological polar surface area (TPSA) is 41.1 Å². The summed E-state index contributed by atoms with van der Waals surface area (Å²) in [5.41, 5.74) is 0.939. The van der Waals surface area contributed by atoms with Gasteiger partial charge in [-0.15, -0.1) is 0 Å². The molecule has 2 rings (SSSR count). The van der Waals surface area contributed by atoms with Crippen LogP contribution in [-0.4, -0.2) is 6.03 Å². The van der Waals surface area contributed by atoms with Crippen LogP contribution >= 0.6 is 11.6 Å². The first kappa shape index (κ1) is 14.3. The maximum atomic E-state index is 13.4. The van der Waals surface area contributed by atoms with Gasteiger partial charge in [0, 0.05) is 5.02 Å². The molecule has 0 aromatic heterocycles. The van der Waals surface area contributed by atoms with Gasteiger partial charge in [-0.2, -0.15) is 0 Å². The molecule has 5 heteroatoms. The minimum absolute atomic E-state index is 0.136. The molecule has 3 nitrogen and oxygen atoms in total. The minimum Gasteiger partial charge on any atom is -0.331 e. The fourth-order valence-electron chi connectivity index (χ4n) is 1.82. The Morgan fingerprint density at radius 1 is 1.15 bits per heavy atom. The van der Waals surface area contributed by atoms with Gasteiger partial charge in [0.15, 0.2) is 0 Å². The molecular formula is C15H14ClFN2O. The van der Waals surface area contributed by atoms with Gasteiger partial charge in [0.25, 0.3) is 0 Å². The smallest absolute Gasteiger partial charge is 0.319 e. The number of nitrogens with one attached hydrogen (secondary N) is 2. The molecule has 0 aliphatic heterocycles. The monoisotopic (exact) mass is 292 g/mol. The van der Waals surface area contributed by atoms with Crippen LogP contribution in [0.2, 0.25) is 5.02 Å². The van der Waals surface area contributed by atoms with Gasteiger partial charge in [0.05, 0.1) is 11.7 Å². The zero-order valence-corrected chi connectivity index (χ0v) is 11.6. The Kier molecular flexibility index (Phi) is 4.58. The number of benzene rings is 2. The van der Waals surface area contributed by atoms with Crippen LogP contribution in [0.4, 0.5) is 14.9 Å². The highest BCUT2D eigenvalue weighted by Crippen LogP contribution is 2.22. The van der Waals surface area contributed by atoms with E-state index in [1.807, 2.05) is 25.1 Å². The summed E-state index contributed by atoms with van der Waals surface area (Å²) in [5.74, 6) is -0.479. The van der Waals surface area contributed by atoms with Crippen LogP contribution in [0.15, 0.2) is 48.5 Å². The van der Waals surface area contributed by atoms with Crippen LogP contribution in [0.1, 0.15) is 18.5 Å². The first-order chi connectivity index (χ1) is 9.58. The van der Waals surface area contributed by atoms with Crippen LogP contribution in [0.3, 0.4) is 0 Å². The quantitative estimate of drug-likeness (QED) is 0.867. The first-order valence-corrected chi connectivity index (χ1v) is 6.52. The second kappa shape index (κ2) is 6.39. The Morgan fingerprint density at radius 2 is 1.80 bits per heavy atom. The van der Waals surface area contributed by atoms with Crippen molar-refractivity contribution in [3.8, 4) is 0 Å². The molecule has 2 aromatic rings. The van der Waals surface area contributed by atoms with Gasteiger partial charge in [-0.3, -0.25) is 0 Å².